The van der Waals surface area contributed by atoms with Crippen molar-refractivity contribution in [1.82, 2.24) is 20.4 Å². The summed E-state index contributed by atoms with van der Waals surface area (Å²) in [6.07, 6.45) is 0. The topological polar surface area (TPSA) is 150 Å². The van der Waals surface area contributed by atoms with Crippen LogP contribution >= 0.6 is 0 Å². The van der Waals surface area contributed by atoms with Gasteiger partial charge < -0.3 is 0 Å². The normalized spacial score (nSPS) is 10.7. The molecule has 144 valence electrons. The van der Waals surface area contributed by atoms with Crippen molar-refractivity contribution >= 4 is 40.5 Å². The standard InChI is InChI=1S/C15H22N4O7/c1-18(2)7-16-5-9(20)11(22)13(24)15(26)14(25)12(23)10(21)6-17-8-19(3)4/h16-17H,5-8H2,1-4H3. The summed E-state index contributed by atoms with van der Waals surface area (Å²) in [5, 5.41) is 5.07. The van der Waals surface area contributed by atoms with Crippen molar-refractivity contribution in [2.24, 2.45) is 0 Å². The molecule has 0 aromatic carbocycles. The van der Waals surface area contributed by atoms with Gasteiger partial charge in [-0.1, -0.05) is 0 Å². The van der Waals surface area contributed by atoms with E-state index in [1.54, 1.807) is 38.0 Å². The van der Waals surface area contributed by atoms with E-state index in [9.17, 15) is 33.6 Å². The largest absolute Gasteiger partial charge is 0.297 e. The highest BCUT2D eigenvalue weighted by Crippen LogP contribution is 1.90. The SMILES string of the molecule is CN(C)CNCC(=O)C(=O)C(=O)C(=O)C(=O)C(=O)C(=O)CNCN(C)C. The van der Waals surface area contributed by atoms with Crippen molar-refractivity contribution in [3.8, 4) is 0 Å². The summed E-state index contributed by atoms with van der Waals surface area (Å²) in [5.41, 5.74) is 0. The molecule has 0 unspecified atom stereocenters. The Morgan fingerprint density at radius 2 is 0.808 bits per heavy atom. The Labute approximate surface area is 150 Å². The number of hydrogen-bond acceptors (Lipinski definition) is 11. The molecule has 0 spiro atoms. The number of hydrogen-bond donors (Lipinski definition) is 2. The maximum absolute atomic E-state index is 11.6. The Morgan fingerprint density at radius 3 is 1.08 bits per heavy atom. The lowest BCUT2D eigenvalue weighted by Gasteiger charge is -2.09. The number of rotatable bonds is 14. The number of carbonyl (C=O) groups excluding carboxylic acids is 7. The molecule has 0 aliphatic rings. The van der Waals surface area contributed by atoms with Gasteiger partial charge in [-0.15, -0.1) is 0 Å². The highest BCUT2D eigenvalue weighted by Gasteiger charge is 2.37. The zero-order chi connectivity index (χ0) is 20.4. The highest BCUT2D eigenvalue weighted by molar-refractivity contribution is 6.95. The molecule has 0 fully saturated rings. The van der Waals surface area contributed by atoms with Gasteiger partial charge in [-0.25, -0.2) is 0 Å². The van der Waals surface area contributed by atoms with Gasteiger partial charge in [0.2, 0.25) is 11.6 Å². The van der Waals surface area contributed by atoms with Crippen LogP contribution in [0.2, 0.25) is 0 Å². The summed E-state index contributed by atoms with van der Waals surface area (Å²) >= 11 is 0. The minimum atomic E-state index is -2.00. The lowest BCUT2D eigenvalue weighted by atomic mass is 10.0. The predicted molar refractivity (Wildman–Crippen MR) is 88.2 cm³/mol. The molecule has 0 bridgehead atoms. The van der Waals surface area contributed by atoms with Gasteiger partial charge in [0.25, 0.3) is 28.9 Å². The maximum Gasteiger partial charge on any atom is 0.281 e. The number of Topliss-reactive ketones (excluding diaryl/α,β-unsaturated/α-hetero) is 7. The van der Waals surface area contributed by atoms with Crippen molar-refractivity contribution in [1.29, 1.82) is 0 Å². The van der Waals surface area contributed by atoms with E-state index in [-0.39, 0.29) is 13.3 Å². The molecule has 0 atom stereocenters. The van der Waals surface area contributed by atoms with E-state index in [0.717, 1.165) is 0 Å². The van der Waals surface area contributed by atoms with Crippen molar-refractivity contribution in [2.45, 2.75) is 0 Å². The van der Waals surface area contributed by atoms with Gasteiger partial charge in [0.15, 0.2) is 0 Å². The third kappa shape index (κ3) is 8.07. The average Bonchev–Trinajstić information content (AvgIpc) is 2.57. The average molecular weight is 370 g/mol. The summed E-state index contributed by atoms with van der Waals surface area (Å²) in [6.45, 7) is -0.586. The summed E-state index contributed by atoms with van der Waals surface area (Å²) in [6, 6.07) is 0. The van der Waals surface area contributed by atoms with Gasteiger partial charge in [0.1, 0.15) is 0 Å². The van der Waals surface area contributed by atoms with E-state index >= 15 is 0 Å². The molecule has 0 radical (unpaired) electrons. The van der Waals surface area contributed by atoms with Crippen molar-refractivity contribution < 1.29 is 33.6 Å². The van der Waals surface area contributed by atoms with Gasteiger partial charge >= 0.3 is 0 Å². The Morgan fingerprint density at radius 1 is 0.538 bits per heavy atom. The fraction of sp³-hybridized carbons (Fsp3) is 0.533. The maximum atomic E-state index is 11.6. The van der Waals surface area contributed by atoms with E-state index in [1.807, 2.05) is 0 Å². The Balaban J connectivity index is 4.69. The molecule has 26 heavy (non-hydrogen) atoms. The fourth-order valence-electron chi connectivity index (χ4n) is 1.51. The van der Waals surface area contributed by atoms with Crippen molar-refractivity contribution in [2.75, 3.05) is 54.6 Å². The molecule has 0 aromatic rings. The first-order valence-electron chi connectivity index (χ1n) is 7.47. The lowest BCUT2D eigenvalue weighted by molar-refractivity contribution is -0.153. The quantitative estimate of drug-likeness (QED) is 0.176. The number of nitrogens with one attached hydrogen (secondary N) is 2. The van der Waals surface area contributed by atoms with Gasteiger partial charge in [-0.3, -0.25) is 54.0 Å². The number of ketones is 7. The molecule has 0 rings (SSSR count). The molecule has 11 heteroatoms. The highest BCUT2D eigenvalue weighted by atomic mass is 16.2. The van der Waals surface area contributed by atoms with Crippen LogP contribution in [0.25, 0.3) is 0 Å². The minimum Gasteiger partial charge on any atom is -0.297 e. The van der Waals surface area contributed by atoms with Gasteiger partial charge in [-0.05, 0) is 28.2 Å². The van der Waals surface area contributed by atoms with Crippen LogP contribution in [-0.2, 0) is 33.6 Å². The molecule has 0 aliphatic heterocycles. The van der Waals surface area contributed by atoms with Gasteiger partial charge in [0, 0.05) is 13.3 Å². The van der Waals surface area contributed by atoms with Crippen LogP contribution in [0.3, 0.4) is 0 Å². The van der Waals surface area contributed by atoms with Crippen LogP contribution in [0, 0.1) is 0 Å². The summed E-state index contributed by atoms with van der Waals surface area (Å²) < 4.78 is 0. The second kappa shape index (κ2) is 11.2. The number of carbonyl (C=O) groups is 7. The second-order valence-electron chi connectivity index (χ2n) is 5.82. The molecular weight excluding hydrogens is 348 g/mol. The third-order valence-electron chi connectivity index (χ3n) is 2.76. The van der Waals surface area contributed by atoms with Crippen LogP contribution in [-0.4, -0.2) is 105 Å². The minimum absolute atomic E-state index is 0.229. The third-order valence-corrected chi connectivity index (χ3v) is 2.76. The van der Waals surface area contributed by atoms with E-state index < -0.39 is 53.6 Å². The molecule has 0 saturated heterocycles. The van der Waals surface area contributed by atoms with Crippen molar-refractivity contribution in [3.63, 3.8) is 0 Å². The summed E-state index contributed by atoms with van der Waals surface area (Å²) in [5.74, 6) is -11.8. The molecule has 0 saturated carbocycles. The molecule has 0 amide bonds. The van der Waals surface area contributed by atoms with Crippen LogP contribution in [0.5, 0.6) is 0 Å². The van der Waals surface area contributed by atoms with Crippen LogP contribution < -0.4 is 10.6 Å². The predicted octanol–water partition coefficient (Wildman–Crippen LogP) is -3.81. The van der Waals surface area contributed by atoms with Gasteiger partial charge in [-0.2, -0.15) is 0 Å². The van der Waals surface area contributed by atoms with Gasteiger partial charge in [0.05, 0.1) is 13.1 Å². The fourth-order valence-corrected chi connectivity index (χ4v) is 1.51. The molecule has 2 N–H and O–H groups in total. The van der Waals surface area contributed by atoms with E-state index in [0.29, 0.717) is 0 Å². The molecule has 0 heterocycles. The van der Waals surface area contributed by atoms with Crippen LogP contribution in [0.1, 0.15) is 0 Å². The second-order valence-corrected chi connectivity index (χ2v) is 5.82. The molecule has 0 aromatic heterocycles. The molecule has 11 nitrogen and oxygen atoms in total. The molecular formula is C15H22N4O7. The van der Waals surface area contributed by atoms with Crippen molar-refractivity contribution in [3.05, 3.63) is 0 Å². The summed E-state index contributed by atoms with van der Waals surface area (Å²) in [7, 11) is 6.73. The lowest BCUT2D eigenvalue weighted by Crippen LogP contribution is -2.44. The summed E-state index contributed by atoms with van der Waals surface area (Å²) in [4.78, 5) is 84.2. The monoisotopic (exact) mass is 370 g/mol. The first-order valence-corrected chi connectivity index (χ1v) is 7.47. The molecule has 0 aliphatic carbocycles. The zero-order valence-electron chi connectivity index (χ0n) is 15.1. The van der Waals surface area contributed by atoms with E-state index in [2.05, 4.69) is 10.6 Å². The van der Waals surface area contributed by atoms with E-state index in [4.69, 9.17) is 0 Å². The smallest absolute Gasteiger partial charge is 0.281 e. The van der Waals surface area contributed by atoms with E-state index in [1.165, 1.54) is 0 Å². The van der Waals surface area contributed by atoms with Crippen LogP contribution in [0.4, 0.5) is 0 Å². The zero-order valence-corrected chi connectivity index (χ0v) is 15.1. The number of nitrogens with zero attached hydrogens (tertiary/aromatic N) is 2. The first kappa shape index (κ1) is 23.5. The Bertz CT molecular complexity index is 573. The first-order chi connectivity index (χ1) is 12.0. The Hall–Kier alpha value is -2.47. The Kier molecular flexibility index (Phi) is 10.1. The van der Waals surface area contributed by atoms with Crippen LogP contribution in [0.15, 0.2) is 0 Å².